The van der Waals surface area contributed by atoms with Gasteiger partial charge in [0, 0.05) is 18.6 Å². The van der Waals surface area contributed by atoms with Crippen molar-refractivity contribution in [2.75, 3.05) is 7.11 Å². The number of aryl methyl sites for hydroxylation is 1. The molecule has 0 atom stereocenters. The standard InChI is InChI=1S/C21H38N.CH4O4S/c1-2-3-4-5-6-7-8-9-10-11-12-13-14-16-19-22-20-17-15-18-21-22;1-5-6(2,3)4/h15,17-18,20-21H,2-14,16,19H2,1H3;1H3,(H,2,3,4)/q+1;/p-1. The fourth-order valence-corrected chi connectivity index (χ4v) is 3.07. The molecule has 0 spiro atoms. The summed E-state index contributed by atoms with van der Waals surface area (Å²) in [4.78, 5) is 0. The highest BCUT2D eigenvalue weighted by Crippen LogP contribution is 2.12. The van der Waals surface area contributed by atoms with E-state index < -0.39 is 10.4 Å². The molecule has 0 saturated heterocycles. The molecule has 1 rings (SSSR count). The molecule has 6 heteroatoms. The monoisotopic (exact) mass is 415 g/mol. The minimum absolute atomic E-state index is 0.808. The third-order valence-corrected chi connectivity index (χ3v) is 5.16. The van der Waals surface area contributed by atoms with Gasteiger partial charge in [0.25, 0.3) is 0 Å². The Morgan fingerprint density at radius 3 is 1.43 bits per heavy atom. The Balaban J connectivity index is 0.00000105. The van der Waals surface area contributed by atoms with Crippen LogP contribution < -0.4 is 4.57 Å². The summed E-state index contributed by atoms with van der Waals surface area (Å²) in [5.41, 5.74) is 0. The molecule has 0 aliphatic rings. The fourth-order valence-electron chi connectivity index (χ4n) is 3.07. The summed E-state index contributed by atoms with van der Waals surface area (Å²) >= 11 is 0. The fraction of sp³-hybridized carbons (Fsp3) is 0.773. The summed E-state index contributed by atoms with van der Waals surface area (Å²) in [7, 11) is -3.60. The summed E-state index contributed by atoms with van der Waals surface area (Å²) in [5, 5.41) is 0. The minimum atomic E-state index is -4.41. The van der Waals surface area contributed by atoms with E-state index in [4.69, 9.17) is 0 Å². The van der Waals surface area contributed by atoms with Crippen molar-refractivity contribution >= 4 is 10.4 Å². The van der Waals surface area contributed by atoms with Crippen molar-refractivity contribution in [3.63, 3.8) is 0 Å². The molecular formula is C22H41NO4S. The maximum Gasteiger partial charge on any atom is 0.217 e. The Hall–Kier alpha value is -0.980. The molecule has 1 aromatic rings. The van der Waals surface area contributed by atoms with Gasteiger partial charge in [-0.1, -0.05) is 90.0 Å². The van der Waals surface area contributed by atoms with Crippen LogP contribution in [-0.2, 0) is 21.1 Å². The van der Waals surface area contributed by atoms with Gasteiger partial charge in [-0.15, -0.1) is 0 Å². The molecule has 0 aliphatic carbocycles. The maximum atomic E-state index is 9.22. The molecule has 5 nitrogen and oxygen atoms in total. The predicted octanol–water partition coefficient (Wildman–Crippen LogP) is 5.55. The van der Waals surface area contributed by atoms with Gasteiger partial charge in [-0.05, 0) is 6.42 Å². The lowest BCUT2D eigenvalue weighted by atomic mass is 10.0. The summed E-state index contributed by atoms with van der Waals surface area (Å²) in [6.45, 7) is 3.47. The van der Waals surface area contributed by atoms with Gasteiger partial charge >= 0.3 is 0 Å². The van der Waals surface area contributed by atoms with Gasteiger partial charge in [0.2, 0.25) is 10.4 Å². The Morgan fingerprint density at radius 2 is 1.07 bits per heavy atom. The van der Waals surface area contributed by atoms with Gasteiger partial charge in [0.05, 0.1) is 7.11 Å². The second kappa shape index (κ2) is 19.3. The third kappa shape index (κ3) is 21.3. The van der Waals surface area contributed by atoms with E-state index in [0.717, 1.165) is 7.11 Å². The lowest BCUT2D eigenvalue weighted by molar-refractivity contribution is -0.697. The van der Waals surface area contributed by atoms with Gasteiger partial charge in [0.15, 0.2) is 12.4 Å². The molecule has 28 heavy (non-hydrogen) atoms. The highest BCUT2D eigenvalue weighted by molar-refractivity contribution is 7.80. The first-order chi connectivity index (χ1) is 13.5. The van der Waals surface area contributed by atoms with Crippen molar-refractivity contribution in [3.8, 4) is 0 Å². The van der Waals surface area contributed by atoms with E-state index in [2.05, 4.69) is 46.3 Å². The van der Waals surface area contributed by atoms with Crippen molar-refractivity contribution < 1.29 is 21.7 Å². The van der Waals surface area contributed by atoms with Crippen molar-refractivity contribution in [3.05, 3.63) is 30.6 Å². The summed E-state index contributed by atoms with van der Waals surface area (Å²) in [6, 6.07) is 6.31. The second-order valence-corrected chi connectivity index (χ2v) is 8.43. The second-order valence-electron chi connectivity index (χ2n) is 7.28. The molecule has 0 unspecified atom stereocenters. The molecule has 0 N–H and O–H groups in total. The quantitative estimate of drug-likeness (QED) is 0.154. The van der Waals surface area contributed by atoms with Crippen LogP contribution in [0.25, 0.3) is 0 Å². The van der Waals surface area contributed by atoms with E-state index in [1.54, 1.807) is 0 Å². The van der Waals surface area contributed by atoms with Gasteiger partial charge in [-0.3, -0.25) is 4.18 Å². The number of pyridine rings is 1. The molecule has 1 heterocycles. The third-order valence-electron chi connectivity index (χ3n) is 4.75. The SMILES string of the molecule is CCCCCCCCCCCCCCCC[n+]1ccccc1.COS(=O)(=O)[O-]. The van der Waals surface area contributed by atoms with E-state index in [1.807, 2.05) is 0 Å². The first-order valence-corrected chi connectivity index (χ1v) is 12.3. The Bertz CT molecular complexity index is 535. The zero-order valence-electron chi connectivity index (χ0n) is 18.0. The minimum Gasteiger partial charge on any atom is -0.726 e. The average Bonchev–Trinajstić information content (AvgIpc) is 2.69. The van der Waals surface area contributed by atoms with E-state index in [9.17, 15) is 13.0 Å². The summed E-state index contributed by atoms with van der Waals surface area (Å²) in [6.07, 6.45) is 24.4. The largest absolute Gasteiger partial charge is 0.726 e. The van der Waals surface area contributed by atoms with Crippen molar-refractivity contribution in [1.29, 1.82) is 0 Å². The highest BCUT2D eigenvalue weighted by Gasteiger charge is 1.98. The molecule has 0 saturated carbocycles. The number of hydrogen-bond acceptors (Lipinski definition) is 4. The Labute approximate surface area is 173 Å². The van der Waals surface area contributed by atoms with Crippen LogP contribution in [0.4, 0.5) is 0 Å². The van der Waals surface area contributed by atoms with E-state index in [1.165, 1.54) is 96.4 Å². The van der Waals surface area contributed by atoms with Gasteiger partial charge in [0.1, 0.15) is 6.54 Å². The maximum absolute atomic E-state index is 9.22. The topological polar surface area (TPSA) is 70.3 Å². The van der Waals surface area contributed by atoms with E-state index >= 15 is 0 Å². The molecule has 0 aliphatic heterocycles. The van der Waals surface area contributed by atoms with Crippen molar-refractivity contribution in [2.45, 2.75) is 103 Å². The van der Waals surface area contributed by atoms with Crippen LogP contribution in [0.5, 0.6) is 0 Å². The van der Waals surface area contributed by atoms with Gasteiger partial charge in [-0.25, -0.2) is 13.0 Å². The summed E-state index contributed by atoms with van der Waals surface area (Å²) in [5.74, 6) is 0. The Morgan fingerprint density at radius 1 is 0.714 bits per heavy atom. The zero-order chi connectivity index (χ0) is 20.9. The molecule has 1 aromatic heterocycles. The first kappa shape index (κ1) is 27.0. The first-order valence-electron chi connectivity index (χ1n) is 10.9. The number of hydrogen-bond donors (Lipinski definition) is 0. The molecule has 164 valence electrons. The number of unbranched alkanes of at least 4 members (excludes halogenated alkanes) is 13. The molecule has 0 aromatic carbocycles. The number of nitrogens with zero attached hydrogens (tertiary/aromatic N) is 1. The highest BCUT2D eigenvalue weighted by atomic mass is 32.3. The van der Waals surface area contributed by atoms with Gasteiger partial charge < -0.3 is 4.55 Å². The Kier molecular flexibility index (Phi) is 18.7. The van der Waals surface area contributed by atoms with Crippen LogP contribution in [0.2, 0.25) is 0 Å². The lowest BCUT2D eigenvalue weighted by Gasteiger charge is -2.02. The van der Waals surface area contributed by atoms with E-state index in [-0.39, 0.29) is 0 Å². The molecule has 0 fully saturated rings. The average molecular weight is 416 g/mol. The number of rotatable bonds is 16. The van der Waals surface area contributed by atoms with Crippen molar-refractivity contribution in [1.82, 2.24) is 0 Å². The van der Waals surface area contributed by atoms with Crippen LogP contribution >= 0.6 is 0 Å². The van der Waals surface area contributed by atoms with Crippen LogP contribution in [0.15, 0.2) is 30.6 Å². The van der Waals surface area contributed by atoms with Crippen LogP contribution in [0, 0.1) is 0 Å². The smallest absolute Gasteiger partial charge is 0.217 e. The lowest BCUT2D eigenvalue weighted by Crippen LogP contribution is -2.32. The predicted molar refractivity (Wildman–Crippen MR) is 114 cm³/mol. The van der Waals surface area contributed by atoms with Crippen LogP contribution in [0.3, 0.4) is 0 Å². The van der Waals surface area contributed by atoms with Crippen molar-refractivity contribution in [2.24, 2.45) is 0 Å². The molecular weight excluding hydrogens is 374 g/mol. The van der Waals surface area contributed by atoms with Crippen LogP contribution in [-0.4, -0.2) is 20.1 Å². The van der Waals surface area contributed by atoms with Gasteiger partial charge in [-0.2, -0.15) is 0 Å². The van der Waals surface area contributed by atoms with E-state index in [0.29, 0.717) is 0 Å². The van der Waals surface area contributed by atoms with Crippen LogP contribution in [0.1, 0.15) is 96.8 Å². The molecule has 0 bridgehead atoms. The molecule has 0 amide bonds. The normalized spacial score (nSPS) is 11.1. The summed E-state index contributed by atoms with van der Waals surface area (Å²) < 4.78 is 33.3. The number of aromatic nitrogens is 1. The zero-order valence-corrected chi connectivity index (χ0v) is 18.8. The molecule has 0 radical (unpaired) electrons.